The monoisotopic (exact) mass is 176 g/mol. The predicted molar refractivity (Wildman–Crippen MR) is 55.3 cm³/mol. The molecule has 0 spiro atoms. The molecule has 70 valence electrons. The van der Waals surface area contributed by atoms with Crippen LogP contribution in [0.15, 0.2) is 36.5 Å². The van der Waals surface area contributed by atoms with Crippen LogP contribution in [0, 0.1) is 17.8 Å². The van der Waals surface area contributed by atoms with Gasteiger partial charge in [0.05, 0.1) is 0 Å². The maximum atomic E-state index is 10.9. The maximum Gasteiger partial charge on any atom is 0.124 e. The van der Waals surface area contributed by atoms with Gasteiger partial charge in [0.15, 0.2) is 0 Å². The summed E-state index contributed by atoms with van der Waals surface area (Å²) in [6, 6.07) is 0. The van der Waals surface area contributed by atoms with E-state index in [1.54, 1.807) is 0 Å². The van der Waals surface area contributed by atoms with E-state index in [-0.39, 0.29) is 11.8 Å². The van der Waals surface area contributed by atoms with Crippen molar-refractivity contribution in [3.8, 4) is 0 Å². The number of carbonyl (C=O) groups excluding carboxylic acids is 1. The average Bonchev–Trinajstić information content (AvgIpc) is 2.33. The summed E-state index contributed by atoms with van der Waals surface area (Å²) in [5.41, 5.74) is 0. The van der Waals surface area contributed by atoms with E-state index in [1.165, 1.54) is 0 Å². The van der Waals surface area contributed by atoms with E-state index in [0.717, 1.165) is 6.29 Å². The van der Waals surface area contributed by atoms with Gasteiger partial charge in [0, 0.05) is 11.8 Å². The summed E-state index contributed by atoms with van der Waals surface area (Å²) in [5.74, 6) is 0.759. The van der Waals surface area contributed by atoms with Gasteiger partial charge in [-0.2, -0.15) is 0 Å². The van der Waals surface area contributed by atoms with E-state index in [4.69, 9.17) is 0 Å². The van der Waals surface area contributed by atoms with Crippen molar-refractivity contribution in [2.45, 2.75) is 13.8 Å². The molecule has 0 amide bonds. The molecule has 1 aliphatic carbocycles. The van der Waals surface area contributed by atoms with Gasteiger partial charge in [0.1, 0.15) is 6.29 Å². The lowest BCUT2D eigenvalue weighted by Gasteiger charge is -2.19. The zero-order valence-electron chi connectivity index (χ0n) is 8.18. The molecule has 0 saturated carbocycles. The van der Waals surface area contributed by atoms with E-state index in [1.807, 2.05) is 24.3 Å². The van der Waals surface area contributed by atoms with Gasteiger partial charge in [0.2, 0.25) is 0 Å². The molecule has 0 aliphatic heterocycles. The summed E-state index contributed by atoms with van der Waals surface area (Å²) >= 11 is 0. The normalized spacial score (nSPS) is 19.0. The van der Waals surface area contributed by atoms with E-state index in [2.05, 4.69) is 26.0 Å². The van der Waals surface area contributed by atoms with Crippen LogP contribution in [0.1, 0.15) is 13.8 Å². The second-order valence-corrected chi connectivity index (χ2v) is 3.69. The van der Waals surface area contributed by atoms with Crippen LogP contribution in [0.25, 0.3) is 0 Å². The smallest absolute Gasteiger partial charge is 0.124 e. The Morgan fingerprint density at radius 3 is 2.00 bits per heavy atom. The van der Waals surface area contributed by atoms with Gasteiger partial charge in [-0.15, -0.1) is 0 Å². The fourth-order valence-electron chi connectivity index (χ4n) is 1.53. The number of rotatable bonds is 3. The summed E-state index contributed by atoms with van der Waals surface area (Å²) in [6.07, 6.45) is 13.2. The second-order valence-electron chi connectivity index (χ2n) is 3.69. The molecule has 0 N–H and O–H groups in total. The molecule has 1 heteroatoms. The fraction of sp³-hybridized carbons (Fsp3) is 0.417. The Kier molecular flexibility index (Phi) is 3.69. The summed E-state index contributed by atoms with van der Waals surface area (Å²) < 4.78 is 0. The van der Waals surface area contributed by atoms with Crippen LogP contribution in [0.2, 0.25) is 0 Å². The van der Waals surface area contributed by atoms with Crippen LogP contribution in [0.4, 0.5) is 0 Å². The third kappa shape index (κ3) is 2.69. The molecule has 0 unspecified atom stereocenters. The Morgan fingerprint density at radius 2 is 1.62 bits per heavy atom. The van der Waals surface area contributed by atoms with Crippen molar-refractivity contribution in [3.63, 3.8) is 0 Å². The minimum atomic E-state index is 0.104. The Balaban J connectivity index is 2.74. The fourth-order valence-corrected chi connectivity index (χ4v) is 1.53. The molecule has 0 saturated heterocycles. The summed E-state index contributed by atoms with van der Waals surface area (Å²) in [5, 5.41) is 0. The van der Waals surface area contributed by atoms with Gasteiger partial charge in [-0.05, 0) is 5.92 Å². The first kappa shape index (κ1) is 9.97. The van der Waals surface area contributed by atoms with E-state index < -0.39 is 0 Å². The van der Waals surface area contributed by atoms with Crippen molar-refractivity contribution in [3.05, 3.63) is 36.5 Å². The van der Waals surface area contributed by atoms with Gasteiger partial charge < -0.3 is 4.79 Å². The van der Waals surface area contributed by atoms with Crippen molar-refractivity contribution < 1.29 is 4.79 Å². The molecule has 0 heterocycles. The zero-order chi connectivity index (χ0) is 9.68. The first-order chi connectivity index (χ1) is 6.25. The standard InChI is InChI=1S/C12H16O/c1-10(2)12(9-13)11-7-5-3-4-6-8-11/h3-12H,1-2H3/t12-/m1/s1. The SMILES string of the molecule is CC(C)[C@@H](C=O)C1C=CC=CC=C1. The van der Waals surface area contributed by atoms with Gasteiger partial charge in [0.25, 0.3) is 0 Å². The molecular weight excluding hydrogens is 160 g/mol. The molecule has 1 rings (SSSR count). The third-order valence-electron chi connectivity index (χ3n) is 2.37. The number of hydrogen-bond donors (Lipinski definition) is 0. The summed E-state index contributed by atoms with van der Waals surface area (Å²) in [7, 11) is 0. The second kappa shape index (κ2) is 4.80. The highest BCUT2D eigenvalue weighted by Crippen LogP contribution is 2.22. The molecular formula is C12H16O. The number of hydrogen-bond acceptors (Lipinski definition) is 1. The molecule has 1 atom stereocenters. The lowest BCUT2D eigenvalue weighted by atomic mass is 9.84. The molecule has 0 fully saturated rings. The van der Waals surface area contributed by atoms with Crippen LogP contribution < -0.4 is 0 Å². The molecule has 13 heavy (non-hydrogen) atoms. The molecule has 0 aromatic heterocycles. The molecule has 1 aliphatic rings. The highest BCUT2D eigenvalue weighted by molar-refractivity contribution is 5.56. The zero-order valence-corrected chi connectivity index (χ0v) is 8.18. The van der Waals surface area contributed by atoms with E-state index in [9.17, 15) is 4.79 Å². The van der Waals surface area contributed by atoms with Crippen molar-refractivity contribution in [2.24, 2.45) is 17.8 Å². The summed E-state index contributed by atoms with van der Waals surface area (Å²) in [6.45, 7) is 4.16. The van der Waals surface area contributed by atoms with Crippen molar-refractivity contribution in [1.82, 2.24) is 0 Å². The van der Waals surface area contributed by atoms with Crippen LogP contribution in [0.5, 0.6) is 0 Å². The van der Waals surface area contributed by atoms with Gasteiger partial charge in [-0.1, -0.05) is 50.3 Å². The average molecular weight is 176 g/mol. The molecule has 0 bridgehead atoms. The minimum Gasteiger partial charge on any atom is -0.303 e. The Bertz CT molecular complexity index is 230. The lowest BCUT2D eigenvalue weighted by Crippen LogP contribution is -2.18. The van der Waals surface area contributed by atoms with Gasteiger partial charge in [-0.3, -0.25) is 0 Å². The number of aldehydes is 1. The number of carbonyl (C=O) groups is 1. The van der Waals surface area contributed by atoms with Crippen LogP contribution in [-0.2, 0) is 4.79 Å². The van der Waals surface area contributed by atoms with Crippen LogP contribution >= 0.6 is 0 Å². The van der Waals surface area contributed by atoms with Crippen molar-refractivity contribution in [1.29, 1.82) is 0 Å². The first-order valence-corrected chi connectivity index (χ1v) is 4.72. The van der Waals surface area contributed by atoms with Gasteiger partial charge in [-0.25, -0.2) is 0 Å². The Morgan fingerprint density at radius 1 is 1.08 bits per heavy atom. The predicted octanol–water partition coefficient (Wildman–Crippen LogP) is 2.76. The molecule has 0 radical (unpaired) electrons. The van der Waals surface area contributed by atoms with E-state index in [0.29, 0.717) is 5.92 Å². The Labute approximate surface area is 79.8 Å². The lowest BCUT2D eigenvalue weighted by molar-refractivity contribution is -0.112. The molecule has 0 aromatic carbocycles. The quantitative estimate of drug-likeness (QED) is 0.604. The maximum absolute atomic E-state index is 10.9. The topological polar surface area (TPSA) is 17.1 Å². The highest BCUT2D eigenvalue weighted by atomic mass is 16.1. The molecule has 1 nitrogen and oxygen atoms in total. The minimum absolute atomic E-state index is 0.104. The third-order valence-corrected chi connectivity index (χ3v) is 2.37. The number of allylic oxidation sites excluding steroid dienone is 6. The molecule has 0 aromatic rings. The van der Waals surface area contributed by atoms with Crippen molar-refractivity contribution in [2.75, 3.05) is 0 Å². The van der Waals surface area contributed by atoms with E-state index >= 15 is 0 Å². The Hall–Kier alpha value is -1.11. The highest BCUT2D eigenvalue weighted by Gasteiger charge is 2.19. The van der Waals surface area contributed by atoms with Crippen molar-refractivity contribution >= 4 is 6.29 Å². The van der Waals surface area contributed by atoms with Crippen LogP contribution in [-0.4, -0.2) is 6.29 Å². The summed E-state index contributed by atoms with van der Waals surface area (Å²) in [4.78, 5) is 10.9. The largest absolute Gasteiger partial charge is 0.303 e. The van der Waals surface area contributed by atoms with Gasteiger partial charge >= 0.3 is 0 Å². The first-order valence-electron chi connectivity index (χ1n) is 4.72. The van der Waals surface area contributed by atoms with Crippen LogP contribution in [0.3, 0.4) is 0 Å².